The van der Waals surface area contributed by atoms with Crippen molar-refractivity contribution in [2.75, 3.05) is 33.4 Å². The van der Waals surface area contributed by atoms with E-state index in [2.05, 4.69) is 17.1 Å². The van der Waals surface area contributed by atoms with Crippen LogP contribution in [0.2, 0.25) is 0 Å². The van der Waals surface area contributed by atoms with Crippen molar-refractivity contribution in [1.29, 1.82) is 0 Å². The second kappa shape index (κ2) is 8.23. The van der Waals surface area contributed by atoms with E-state index in [-0.39, 0.29) is 5.56 Å². The first-order valence-corrected chi connectivity index (χ1v) is 9.00. The van der Waals surface area contributed by atoms with Crippen LogP contribution in [0.15, 0.2) is 34.2 Å². The molecular weight excluding hydrogens is 332 g/mol. The second-order valence-electron chi connectivity index (χ2n) is 6.31. The largest absolute Gasteiger partial charge is 0.497 e. The fourth-order valence-corrected chi connectivity index (χ4v) is 3.12. The van der Waals surface area contributed by atoms with Crippen LogP contribution in [0.4, 0.5) is 0 Å². The van der Waals surface area contributed by atoms with Gasteiger partial charge in [-0.05, 0) is 37.6 Å². The summed E-state index contributed by atoms with van der Waals surface area (Å²) in [6.45, 7) is 6.83. The van der Waals surface area contributed by atoms with Crippen LogP contribution in [0.5, 0.6) is 5.75 Å². The van der Waals surface area contributed by atoms with Crippen LogP contribution in [0.3, 0.4) is 0 Å². The number of aromatic amines is 1. The van der Waals surface area contributed by atoms with Gasteiger partial charge in [-0.25, -0.2) is 4.68 Å². The lowest BCUT2D eigenvalue weighted by Gasteiger charge is -2.24. The minimum Gasteiger partial charge on any atom is -0.497 e. The van der Waals surface area contributed by atoms with E-state index < -0.39 is 0 Å². The third kappa shape index (κ3) is 3.83. The van der Waals surface area contributed by atoms with Gasteiger partial charge in [0, 0.05) is 5.69 Å². The van der Waals surface area contributed by atoms with E-state index in [1.54, 1.807) is 11.8 Å². The molecule has 1 aromatic carbocycles. The van der Waals surface area contributed by atoms with Crippen LogP contribution >= 0.6 is 0 Å². The summed E-state index contributed by atoms with van der Waals surface area (Å²) in [6.07, 6.45) is 1.74. The maximum absolute atomic E-state index is 13.1. The van der Waals surface area contributed by atoms with Crippen molar-refractivity contribution in [3.05, 3.63) is 45.9 Å². The lowest BCUT2D eigenvalue weighted by atomic mass is 10.1. The van der Waals surface area contributed by atoms with Crippen molar-refractivity contribution in [3.8, 4) is 11.4 Å². The zero-order chi connectivity index (χ0) is 18.5. The van der Waals surface area contributed by atoms with E-state index in [4.69, 9.17) is 9.47 Å². The highest BCUT2D eigenvalue weighted by atomic mass is 16.5. The summed E-state index contributed by atoms with van der Waals surface area (Å²) < 4.78 is 12.1. The Hall–Kier alpha value is -2.54. The number of aromatic nitrogens is 2. The molecule has 1 saturated heterocycles. The Bertz CT molecular complexity index is 814. The molecule has 0 radical (unpaired) electrons. The minimum absolute atomic E-state index is 0.0758. The van der Waals surface area contributed by atoms with Gasteiger partial charge in [0.05, 0.1) is 50.4 Å². The third-order valence-electron chi connectivity index (χ3n) is 4.44. The lowest BCUT2D eigenvalue weighted by Crippen LogP contribution is -2.33. The number of methoxy groups -OCH3 is 1. The molecule has 0 amide bonds. The Morgan fingerprint density at radius 3 is 2.58 bits per heavy atom. The molecule has 1 aliphatic heterocycles. The predicted octanol–water partition coefficient (Wildman–Crippen LogP) is 2.18. The van der Waals surface area contributed by atoms with E-state index in [1.165, 1.54) is 0 Å². The molecule has 26 heavy (non-hydrogen) atoms. The molecule has 1 aromatic heterocycles. The number of nitrogens with zero attached hydrogens (tertiary/aromatic N) is 3. The zero-order valence-corrected chi connectivity index (χ0v) is 15.6. The number of hydrogen-bond acceptors (Lipinski definition) is 5. The highest BCUT2D eigenvalue weighted by Gasteiger charge is 2.19. The van der Waals surface area contributed by atoms with Crippen molar-refractivity contribution in [1.82, 2.24) is 14.8 Å². The number of aryl methyl sites for hydroxylation is 1. The second-order valence-corrected chi connectivity index (χ2v) is 6.31. The number of ether oxygens (including phenoxy) is 2. The third-order valence-corrected chi connectivity index (χ3v) is 4.44. The number of hydrogen-bond donors (Lipinski definition) is 1. The lowest BCUT2D eigenvalue weighted by molar-refractivity contribution is 0.0393. The van der Waals surface area contributed by atoms with Crippen molar-refractivity contribution in [2.45, 2.75) is 26.7 Å². The highest BCUT2D eigenvalue weighted by Crippen LogP contribution is 2.15. The van der Waals surface area contributed by atoms with E-state index >= 15 is 0 Å². The summed E-state index contributed by atoms with van der Waals surface area (Å²) in [7, 11) is 1.62. The molecule has 2 aromatic rings. The van der Waals surface area contributed by atoms with Gasteiger partial charge in [-0.1, -0.05) is 13.3 Å². The summed E-state index contributed by atoms with van der Waals surface area (Å²) in [5.74, 6) is 0.757. The van der Waals surface area contributed by atoms with Gasteiger partial charge in [0.1, 0.15) is 5.75 Å². The molecule has 7 heteroatoms. The van der Waals surface area contributed by atoms with Gasteiger partial charge in [0.15, 0.2) is 0 Å². The Labute approximate surface area is 153 Å². The zero-order valence-electron chi connectivity index (χ0n) is 15.6. The first-order chi connectivity index (χ1) is 12.6. The summed E-state index contributed by atoms with van der Waals surface area (Å²) in [4.78, 5) is 13.1. The van der Waals surface area contributed by atoms with Crippen molar-refractivity contribution in [2.24, 2.45) is 5.10 Å². The average Bonchev–Trinajstić information content (AvgIpc) is 2.99. The van der Waals surface area contributed by atoms with Gasteiger partial charge in [0.2, 0.25) is 0 Å². The molecule has 3 rings (SSSR count). The predicted molar refractivity (Wildman–Crippen MR) is 102 cm³/mol. The van der Waals surface area contributed by atoms with Crippen LogP contribution in [-0.4, -0.2) is 53.9 Å². The van der Waals surface area contributed by atoms with E-state index in [0.29, 0.717) is 18.8 Å². The van der Waals surface area contributed by atoms with Gasteiger partial charge in [-0.3, -0.25) is 14.9 Å². The summed E-state index contributed by atoms with van der Waals surface area (Å²) in [5, 5.41) is 9.89. The van der Waals surface area contributed by atoms with Gasteiger partial charge < -0.3 is 9.47 Å². The maximum atomic E-state index is 13.1. The Kier molecular flexibility index (Phi) is 5.78. The summed E-state index contributed by atoms with van der Waals surface area (Å²) in [5.41, 5.74) is 3.02. The molecule has 0 atom stereocenters. The standard InChI is InChI=1S/C19H26N4O3/c1-4-5-17-18(14(2)20-22-10-12-26-13-11-22)19(24)23(21-17)15-6-8-16(25-3)9-7-15/h6-9,21H,4-5,10-13H2,1-3H3. The minimum atomic E-state index is -0.0758. The monoisotopic (exact) mass is 358 g/mol. The van der Waals surface area contributed by atoms with Crippen LogP contribution in [-0.2, 0) is 11.2 Å². The molecule has 0 bridgehead atoms. The number of nitrogens with one attached hydrogen (secondary N) is 1. The van der Waals surface area contributed by atoms with E-state index in [0.717, 1.165) is 48.8 Å². The van der Waals surface area contributed by atoms with Gasteiger partial charge in [0.25, 0.3) is 5.56 Å². The quantitative estimate of drug-likeness (QED) is 0.804. The molecule has 0 unspecified atom stereocenters. The molecule has 7 nitrogen and oxygen atoms in total. The molecule has 0 aliphatic carbocycles. The SMILES string of the molecule is CCCc1[nH]n(-c2ccc(OC)cc2)c(=O)c1C(C)=NN1CCOCC1. The Morgan fingerprint density at radius 2 is 1.96 bits per heavy atom. The van der Waals surface area contributed by atoms with Crippen LogP contribution in [0.1, 0.15) is 31.5 Å². The fourth-order valence-electron chi connectivity index (χ4n) is 3.12. The maximum Gasteiger partial charge on any atom is 0.280 e. The highest BCUT2D eigenvalue weighted by molar-refractivity contribution is 5.99. The number of rotatable bonds is 6. The summed E-state index contributed by atoms with van der Waals surface area (Å²) >= 11 is 0. The molecule has 1 fully saturated rings. The normalized spacial score (nSPS) is 15.3. The molecule has 1 aliphatic rings. The van der Waals surface area contributed by atoms with E-state index in [1.807, 2.05) is 36.2 Å². The molecule has 0 spiro atoms. The molecule has 0 saturated carbocycles. The molecule has 1 N–H and O–H groups in total. The topological polar surface area (TPSA) is 71.8 Å². The molecule has 140 valence electrons. The first-order valence-electron chi connectivity index (χ1n) is 9.00. The van der Waals surface area contributed by atoms with Crippen LogP contribution in [0, 0.1) is 0 Å². The number of H-pyrrole nitrogens is 1. The first kappa shape index (κ1) is 18.3. The van der Waals surface area contributed by atoms with Gasteiger partial charge in [-0.15, -0.1) is 0 Å². The smallest absolute Gasteiger partial charge is 0.280 e. The van der Waals surface area contributed by atoms with Crippen LogP contribution in [0.25, 0.3) is 5.69 Å². The molecular formula is C19H26N4O3. The average molecular weight is 358 g/mol. The van der Waals surface area contributed by atoms with Crippen molar-refractivity contribution < 1.29 is 9.47 Å². The molecule has 2 heterocycles. The van der Waals surface area contributed by atoms with Gasteiger partial charge >= 0.3 is 0 Å². The number of morpholine rings is 1. The summed E-state index contributed by atoms with van der Waals surface area (Å²) in [6, 6.07) is 7.42. The Morgan fingerprint density at radius 1 is 1.27 bits per heavy atom. The van der Waals surface area contributed by atoms with Crippen molar-refractivity contribution in [3.63, 3.8) is 0 Å². The van der Waals surface area contributed by atoms with Crippen molar-refractivity contribution >= 4 is 5.71 Å². The Balaban J connectivity index is 1.99. The number of benzene rings is 1. The number of hydrazone groups is 1. The van der Waals surface area contributed by atoms with Crippen LogP contribution < -0.4 is 10.3 Å². The van der Waals surface area contributed by atoms with E-state index in [9.17, 15) is 4.79 Å². The van der Waals surface area contributed by atoms with Gasteiger partial charge in [-0.2, -0.15) is 5.10 Å². The fraction of sp³-hybridized carbons (Fsp3) is 0.474.